The van der Waals surface area contributed by atoms with Gasteiger partial charge in [-0.15, -0.1) is 0 Å². The van der Waals surface area contributed by atoms with Crippen LogP contribution in [0.5, 0.6) is 5.75 Å². The van der Waals surface area contributed by atoms with Crippen LogP contribution in [0.3, 0.4) is 0 Å². The second-order valence-electron chi connectivity index (χ2n) is 4.16. The maximum atomic E-state index is 12.0. The van der Waals surface area contributed by atoms with Gasteiger partial charge < -0.3 is 9.84 Å². The highest BCUT2D eigenvalue weighted by atomic mass is 32.2. The molecule has 0 aliphatic carbocycles. The van der Waals surface area contributed by atoms with E-state index in [1.54, 1.807) is 17.8 Å². The standard InChI is InChI=1S/C14H20O3S/c1-3-17-14-7-5-4-6-12(14)13(16)10-18-9-11(2)8-15/h4-7,11,15H,3,8-10H2,1-2H3. The molecule has 1 aromatic carbocycles. The van der Waals surface area contributed by atoms with Gasteiger partial charge in [0.15, 0.2) is 5.78 Å². The maximum Gasteiger partial charge on any atom is 0.176 e. The number of hydrogen-bond acceptors (Lipinski definition) is 4. The van der Waals surface area contributed by atoms with Crippen molar-refractivity contribution in [1.82, 2.24) is 0 Å². The molecule has 1 unspecified atom stereocenters. The number of aliphatic hydroxyl groups excluding tert-OH is 1. The van der Waals surface area contributed by atoms with Crippen molar-refractivity contribution in [3.8, 4) is 5.75 Å². The lowest BCUT2D eigenvalue weighted by atomic mass is 10.1. The first-order valence-corrected chi connectivity index (χ1v) is 7.28. The zero-order valence-electron chi connectivity index (χ0n) is 10.9. The quantitative estimate of drug-likeness (QED) is 0.736. The predicted molar refractivity (Wildman–Crippen MR) is 75.5 cm³/mol. The Hall–Kier alpha value is -1.00. The fraction of sp³-hybridized carbons (Fsp3) is 0.500. The molecule has 100 valence electrons. The van der Waals surface area contributed by atoms with Crippen LogP contribution in [0.1, 0.15) is 24.2 Å². The molecule has 0 spiro atoms. The van der Waals surface area contributed by atoms with E-state index >= 15 is 0 Å². The number of ether oxygens (including phenoxy) is 1. The Kier molecular flexibility index (Phi) is 6.83. The smallest absolute Gasteiger partial charge is 0.176 e. The Labute approximate surface area is 113 Å². The molecule has 1 rings (SSSR count). The molecule has 3 nitrogen and oxygen atoms in total. The van der Waals surface area contributed by atoms with E-state index < -0.39 is 0 Å². The van der Waals surface area contributed by atoms with Crippen molar-refractivity contribution in [3.05, 3.63) is 29.8 Å². The fourth-order valence-electron chi connectivity index (χ4n) is 1.46. The van der Waals surface area contributed by atoms with Gasteiger partial charge in [-0.25, -0.2) is 0 Å². The molecule has 0 heterocycles. The number of thioether (sulfide) groups is 1. The van der Waals surface area contributed by atoms with Crippen LogP contribution in [0.25, 0.3) is 0 Å². The molecule has 0 aliphatic rings. The van der Waals surface area contributed by atoms with Crippen LogP contribution in [0.2, 0.25) is 0 Å². The molecule has 1 atom stereocenters. The lowest BCUT2D eigenvalue weighted by Crippen LogP contribution is -2.09. The van der Waals surface area contributed by atoms with E-state index in [0.717, 1.165) is 5.75 Å². The van der Waals surface area contributed by atoms with Crippen LogP contribution in [-0.4, -0.2) is 35.6 Å². The molecule has 18 heavy (non-hydrogen) atoms. The molecule has 0 aromatic heterocycles. The monoisotopic (exact) mass is 268 g/mol. The van der Waals surface area contributed by atoms with E-state index in [1.807, 2.05) is 32.0 Å². The summed E-state index contributed by atoms with van der Waals surface area (Å²) < 4.78 is 5.44. The van der Waals surface area contributed by atoms with Gasteiger partial charge in [0.25, 0.3) is 0 Å². The fourth-order valence-corrected chi connectivity index (χ4v) is 2.43. The Morgan fingerprint density at radius 1 is 1.44 bits per heavy atom. The topological polar surface area (TPSA) is 46.5 Å². The van der Waals surface area contributed by atoms with Gasteiger partial charge in [0.2, 0.25) is 0 Å². The van der Waals surface area contributed by atoms with Crippen molar-refractivity contribution >= 4 is 17.5 Å². The minimum Gasteiger partial charge on any atom is -0.493 e. The summed E-state index contributed by atoms with van der Waals surface area (Å²) in [5.41, 5.74) is 0.642. The first-order chi connectivity index (χ1) is 8.69. The van der Waals surface area contributed by atoms with Crippen molar-refractivity contribution < 1.29 is 14.6 Å². The molecule has 0 fully saturated rings. The highest BCUT2D eigenvalue weighted by Crippen LogP contribution is 2.20. The first-order valence-electron chi connectivity index (χ1n) is 6.12. The van der Waals surface area contributed by atoms with Gasteiger partial charge >= 0.3 is 0 Å². The number of carbonyl (C=O) groups is 1. The number of rotatable bonds is 8. The molecule has 1 aromatic rings. The van der Waals surface area contributed by atoms with Gasteiger partial charge in [0, 0.05) is 6.61 Å². The molecule has 0 saturated carbocycles. The third-order valence-electron chi connectivity index (χ3n) is 2.43. The Morgan fingerprint density at radius 2 is 2.17 bits per heavy atom. The van der Waals surface area contributed by atoms with Crippen molar-refractivity contribution in [2.24, 2.45) is 5.92 Å². The number of para-hydroxylation sites is 1. The molecule has 0 amide bonds. The van der Waals surface area contributed by atoms with Crippen LogP contribution >= 0.6 is 11.8 Å². The van der Waals surface area contributed by atoms with Gasteiger partial charge in [0.05, 0.1) is 17.9 Å². The molecular weight excluding hydrogens is 248 g/mol. The van der Waals surface area contributed by atoms with Gasteiger partial charge in [-0.1, -0.05) is 19.1 Å². The van der Waals surface area contributed by atoms with Gasteiger partial charge in [-0.05, 0) is 30.7 Å². The second-order valence-corrected chi connectivity index (χ2v) is 5.19. The molecule has 0 bridgehead atoms. The van der Waals surface area contributed by atoms with E-state index in [9.17, 15) is 4.79 Å². The Morgan fingerprint density at radius 3 is 2.83 bits per heavy atom. The third kappa shape index (κ3) is 4.70. The number of carbonyl (C=O) groups excluding carboxylic acids is 1. The summed E-state index contributed by atoms with van der Waals surface area (Å²) in [4.78, 5) is 12.0. The average molecular weight is 268 g/mol. The normalized spacial score (nSPS) is 12.2. The van der Waals surface area contributed by atoms with Crippen LogP contribution < -0.4 is 4.74 Å². The zero-order chi connectivity index (χ0) is 13.4. The molecule has 0 aliphatic heterocycles. The van der Waals surface area contributed by atoms with Crippen molar-refractivity contribution in [2.75, 3.05) is 24.7 Å². The summed E-state index contributed by atoms with van der Waals surface area (Å²) in [5.74, 6) is 2.17. The van der Waals surface area contributed by atoms with Crippen molar-refractivity contribution in [2.45, 2.75) is 13.8 Å². The predicted octanol–water partition coefficient (Wildman–Crippen LogP) is 2.63. The van der Waals surface area contributed by atoms with E-state index in [2.05, 4.69) is 0 Å². The van der Waals surface area contributed by atoms with Crippen molar-refractivity contribution in [1.29, 1.82) is 0 Å². The minimum absolute atomic E-state index is 0.0780. The van der Waals surface area contributed by atoms with E-state index in [-0.39, 0.29) is 18.3 Å². The van der Waals surface area contributed by atoms with Crippen LogP contribution in [0, 0.1) is 5.92 Å². The number of benzene rings is 1. The summed E-state index contributed by atoms with van der Waals surface area (Å²) in [6, 6.07) is 7.32. The highest BCUT2D eigenvalue weighted by Gasteiger charge is 2.12. The number of aliphatic hydroxyl groups is 1. The Bertz CT molecular complexity index is 379. The Balaban J connectivity index is 2.55. The highest BCUT2D eigenvalue weighted by molar-refractivity contribution is 7.99. The van der Waals surface area contributed by atoms with Crippen molar-refractivity contribution in [3.63, 3.8) is 0 Å². The number of Topliss-reactive ketones (excluding diaryl/α,β-unsaturated/α-hetero) is 1. The molecule has 0 radical (unpaired) electrons. The SMILES string of the molecule is CCOc1ccccc1C(=O)CSCC(C)CO. The number of hydrogen-bond donors (Lipinski definition) is 1. The third-order valence-corrected chi connectivity index (χ3v) is 3.71. The van der Waals surface area contributed by atoms with Gasteiger partial charge in [-0.3, -0.25) is 4.79 Å². The molecule has 0 saturated heterocycles. The van der Waals surface area contributed by atoms with E-state index in [0.29, 0.717) is 23.7 Å². The lowest BCUT2D eigenvalue weighted by molar-refractivity contribution is 0.101. The van der Waals surface area contributed by atoms with Gasteiger partial charge in [0.1, 0.15) is 5.75 Å². The minimum atomic E-state index is 0.0780. The zero-order valence-corrected chi connectivity index (χ0v) is 11.7. The summed E-state index contributed by atoms with van der Waals surface area (Å²) in [6.45, 7) is 4.58. The molecule has 4 heteroatoms. The first kappa shape index (κ1) is 15.1. The summed E-state index contributed by atoms with van der Waals surface area (Å²) in [7, 11) is 0. The molecule has 1 N–H and O–H groups in total. The van der Waals surface area contributed by atoms with Crippen LogP contribution in [0.4, 0.5) is 0 Å². The maximum absolute atomic E-state index is 12.0. The van der Waals surface area contributed by atoms with E-state index in [1.165, 1.54) is 0 Å². The van der Waals surface area contributed by atoms with Crippen LogP contribution in [-0.2, 0) is 0 Å². The second kappa shape index (κ2) is 8.16. The average Bonchev–Trinajstić information content (AvgIpc) is 2.39. The van der Waals surface area contributed by atoms with Crippen LogP contribution in [0.15, 0.2) is 24.3 Å². The van der Waals surface area contributed by atoms with E-state index in [4.69, 9.17) is 9.84 Å². The lowest BCUT2D eigenvalue weighted by Gasteiger charge is -2.10. The molecular formula is C14H20O3S. The summed E-state index contributed by atoms with van der Waals surface area (Å²) in [5, 5.41) is 8.91. The largest absolute Gasteiger partial charge is 0.493 e. The summed E-state index contributed by atoms with van der Waals surface area (Å²) in [6.07, 6.45) is 0. The van der Waals surface area contributed by atoms with Gasteiger partial charge in [-0.2, -0.15) is 11.8 Å². The summed E-state index contributed by atoms with van der Waals surface area (Å²) >= 11 is 1.55. The number of ketones is 1.